The molecule has 106 valence electrons. The molecule has 2 aromatic rings. The van der Waals surface area contributed by atoms with Gasteiger partial charge >= 0.3 is 0 Å². The number of benzene rings is 2. The lowest BCUT2D eigenvalue weighted by atomic mass is 9.97. The maximum atomic E-state index is 6.30. The van der Waals surface area contributed by atoms with E-state index in [9.17, 15) is 0 Å². The molecule has 0 aromatic heterocycles. The van der Waals surface area contributed by atoms with Crippen LogP contribution < -0.4 is 5.73 Å². The summed E-state index contributed by atoms with van der Waals surface area (Å²) < 4.78 is 5.08. The Labute approximate surface area is 125 Å². The van der Waals surface area contributed by atoms with Crippen LogP contribution in [0.3, 0.4) is 0 Å². The minimum Gasteiger partial charge on any atom is -0.384 e. The third kappa shape index (κ3) is 3.60. The Bertz CT molecular complexity index is 566. The van der Waals surface area contributed by atoms with Crippen molar-refractivity contribution in [2.75, 3.05) is 13.7 Å². The largest absolute Gasteiger partial charge is 0.384 e. The molecule has 0 fully saturated rings. The lowest BCUT2D eigenvalue weighted by Crippen LogP contribution is -2.12. The summed E-state index contributed by atoms with van der Waals surface area (Å²) in [6, 6.07) is 14.2. The standard InChI is InChI=1S/C17H20ClNO/c1-12-3-6-15(11-16(12)18)17(19)14-7-4-13(5-8-14)9-10-20-2/h3-8,11,17H,9-10,19H2,1-2H3. The van der Waals surface area contributed by atoms with Crippen LogP contribution in [0.4, 0.5) is 0 Å². The molecule has 0 amide bonds. The van der Waals surface area contributed by atoms with Gasteiger partial charge in [0.15, 0.2) is 0 Å². The molecule has 20 heavy (non-hydrogen) atoms. The first kappa shape index (κ1) is 15.0. The predicted molar refractivity (Wildman–Crippen MR) is 84.2 cm³/mol. The summed E-state index contributed by atoms with van der Waals surface area (Å²) in [5, 5.41) is 0.759. The molecule has 0 spiro atoms. The zero-order valence-electron chi connectivity index (χ0n) is 11.9. The highest BCUT2D eigenvalue weighted by molar-refractivity contribution is 6.31. The van der Waals surface area contributed by atoms with Crippen LogP contribution in [0, 0.1) is 6.92 Å². The van der Waals surface area contributed by atoms with Gasteiger partial charge in [0.05, 0.1) is 12.6 Å². The van der Waals surface area contributed by atoms with Gasteiger partial charge in [-0.3, -0.25) is 0 Å². The average Bonchev–Trinajstić information content (AvgIpc) is 2.48. The first-order chi connectivity index (χ1) is 9.61. The second-order valence-corrected chi connectivity index (χ2v) is 5.38. The summed E-state index contributed by atoms with van der Waals surface area (Å²) in [4.78, 5) is 0. The molecule has 0 aliphatic carbocycles. The van der Waals surface area contributed by atoms with Crippen LogP contribution in [0.5, 0.6) is 0 Å². The van der Waals surface area contributed by atoms with E-state index in [-0.39, 0.29) is 6.04 Å². The quantitative estimate of drug-likeness (QED) is 0.906. The highest BCUT2D eigenvalue weighted by atomic mass is 35.5. The van der Waals surface area contributed by atoms with Gasteiger partial charge in [0.2, 0.25) is 0 Å². The molecule has 0 aliphatic rings. The van der Waals surface area contributed by atoms with Gasteiger partial charge in [-0.25, -0.2) is 0 Å². The molecule has 0 heterocycles. The van der Waals surface area contributed by atoms with Crippen LogP contribution in [-0.2, 0) is 11.2 Å². The van der Waals surface area contributed by atoms with Crippen molar-refractivity contribution in [2.24, 2.45) is 5.73 Å². The Balaban J connectivity index is 2.15. The average molecular weight is 290 g/mol. The Morgan fingerprint density at radius 3 is 2.35 bits per heavy atom. The van der Waals surface area contributed by atoms with Gasteiger partial charge in [-0.2, -0.15) is 0 Å². The zero-order valence-corrected chi connectivity index (χ0v) is 12.7. The van der Waals surface area contributed by atoms with Gasteiger partial charge in [-0.15, -0.1) is 0 Å². The molecule has 2 nitrogen and oxygen atoms in total. The van der Waals surface area contributed by atoms with Crippen LogP contribution >= 0.6 is 11.6 Å². The van der Waals surface area contributed by atoms with Gasteiger partial charge in [-0.05, 0) is 41.7 Å². The number of ether oxygens (including phenoxy) is 1. The minimum atomic E-state index is -0.149. The Morgan fingerprint density at radius 2 is 1.75 bits per heavy atom. The summed E-state index contributed by atoms with van der Waals surface area (Å²) in [5.74, 6) is 0. The third-order valence-electron chi connectivity index (χ3n) is 3.49. The summed E-state index contributed by atoms with van der Waals surface area (Å²) in [7, 11) is 1.71. The smallest absolute Gasteiger partial charge is 0.0552 e. The van der Waals surface area contributed by atoms with Crippen LogP contribution in [0.2, 0.25) is 5.02 Å². The molecule has 0 radical (unpaired) electrons. The van der Waals surface area contributed by atoms with Crippen LogP contribution in [0.1, 0.15) is 28.3 Å². The van der Waals surface area contributed by atoms with Crippen molar-refractivity contribution in [2.45, 2.75) is 19.4 Å². The van der Waals surface area contributed by atoms with Crippen molar-refractivity contribution in [3.8, 4) is 0 Å². The van der Waals surface area contributed by atoms with E-state index in [2.05, 4.69) is 24.3 Å². The van der Waals surface area contributed by atoms with Crippen molar-refractivity contribution < 1.29 is 4.74 Å². The molecule has 0 bridgehead atoms. The van der Waals surface area contributed by atoms with E-state index in [1.807, 2.05) is 25.1 Å². The van der Waals surface area contributed by atoms with Gasteiger partial charge < -0.3 is 10.5 Å². The third-order valence-corrected chi connectivity index (χ3v) is 3.90. The Hall–Kier alpha value is -1.35. The normalized spacial score (nSPS) is 12.4. The van der Waals surface area contributed by atoms with E-state index in [4.69, 9.17) is 22.1 Å². The molecular weight excluding hydrogens is 270 g/mol. The molecular formula is C17H20ClNO. The molecule has 2 rings (SSSR count). The number of hydrogen-bond donors (Lipinski definition) is 1. The minimum absolute atomic E-state index is 0.149. The first-order valence-corrected chi connectivity index (χ1v) is 7.09. The fourth-order valence-electron chi connectivity index (χ4n) is 2.11. The summed E-state index contributed by atoms with van der Waals surface area (Å²) >= 11 is 6.16. The zero-order chi connectivity index (χ0) is 14.5. The van der Waals surface area contributed by atoms with Crippen molar-refractivity contribution in [3.63, 3.8) is 0 Å². The maximum absolute atomic E-state index is 6.30. The number of methoxy groups -OCH3 is 1. The Morgan fingerprint density at radius 1 is 1.10 bits per heavy atom. The van der Waals surface area contributed by atoms with Gasteiger partial charge in [0.1, 0.15) is 0 Å². The number of nitrogens with two attached hydrogens (primary N) is 1. The number of halogens is 1. The number of hydrogen-bond acceptors (Lipinski definition) is 2. The molecule has 1 atom stereocenters. The molecule has 2 N–H and O–H groups in total. The van der Waals surface area contributed by atoms with Crippen molar-refractivity contribution in [1.82, 2.24) is 0 Å². The van der Waals surface area contributed by atoms with Crippen molar-refractivity contribution in [3.05, 3.63) is 69.7 Å². The molecule has 0 saturated carbocycles. The van der Waals surface area contributed by atoms with Gasteiger partial charge in [-0.1, -0.05) is 48.0 Å². The summed E-state index contributed by atoms with van der Waals surface area (Å²) in [6.07, 6.45) is 0.919. The predicted octanol–water partition coefficient (Wildman–Crippen LogP) is 3.89. The van der Waals surface area contributed by atoms with Gasteiger partial charge in [0.25, 0.3) is 0 Å². The molecule has 0 aliphatic heterocycles. The summed E-state index contributed by atoms with van der Waals surface area (Å²) in [6.45, 7) is 2.72. The lowest BCUT2D eigenvalue weighted by Gasteiger charge is -2.14. The van der Waals surface area contributed by atoms with E-state index < -0.39 is 0 Å². The van der Waals surface area contributed by atoms with E-state index in [1.54, 1.807) is 7.11 Å². The van der Waals surface area contributed by atoms with Crippen LogP contribution in [0.15, 0.2) is 42.5 Å². The Kier molecular flexibility index (Phi) is 5.18. The molecule has 0 saturated heterocycles. The van der Waals surface area contributed by atoms with E-state index in [0.717, 1.165) is 34.7 Å². The highest BCUT2D eigenvalue weighted by Crippen LogP contribution is 2.24. The molecule has 3 heteroatoms. The van der Waals surface area contributed by atoms with Gasteiger partial charge in [0, 0.05) is 12.1 Å². The highest BCUT2D eigenvalue weighted by Gasteiger charge is 2.10. The second kappa shape index (κ2) is 6.89. The lowest BCUT2D eigenvalue weighted by molar-refractivity contribution is 0.202. The molecule has 1 unspecified atom stereocenters. The molecule has 2 aromatic carbocycles. The fraction of sp³-hybridized carbons (Fsp3) is 0.294. The maximum Gasteiger partial charge on any atom is 0.0552 e. The van der Waals surface area contributed by atoms with E-state index in [1.165, 1.54) is 5.56 Å². The summed E-state index contributed by atoms with van der Waals surface area (Å²) in [5.41, 5.74) is 10.7. The SMILES string of the molecule is COCCc1ccc(C(N)c2ccc(C)c(Cl)c2)cc1. The van der Waals surface area contributed by atoms with Crippen molar-refractivity contribution >= 4 is 11.6 Å². The van der Waals surface area contributed by atoms with E-state index in [0.29, 0.717) is 0 Å². The fourth-order valence-corrected chi connectivity index (χ4v) is 2.30. The number of rotatable bonds is 5. The van der Waals surface area contributed by atoms with Crippen molar-refractivity contribution in [1.29, 1.82) is 0 Å². The number of aryl methyl sites for hydroxylation is 1. The first-order valence-electron chi connectivity index (χ1n) is 6.71. The monoisotopic (exact) mass is 289 g/mol. The van der Waals surface area contributed by atoms with Crippen LogP contribution in [0.25, 0.3) is 0 Å². The second-order valence-electron chi connectivity index (χ2n) is 4.97. The van der Waals surface area contributed by atoms with Crippen LogP contribution in [-0.4, -0.2) is 13.7 Å². The van der Waals surface area contributed by atoms with E-state index >= 15 is 0 Å². The topological polar surface area (TPSA) is 35.2 Å².